The van der Waals surface area contributed by atoms with Crippen LogP contribution in [0.3, 0.4) is 0 Å². The van der Waals surface area contributed by atoms with E-state index in [0.717, 1.165) is 31.9 Å². The zero-order chi connectivity index (χ0) is 22.3. The summed E-state index contributed by atoms with van der Waals surface area (Å²) in [7, 11) is 1.69. The molecular weight excluding hydrogens is 416 g/mol. The van der Waals surface area contributed by atoms with Crippen molar-refractivity contribution in [3.05, 3.63) is 83.4 Å². The van der Waals surface area contributed by atoms with Gasteiger partial charge in [0.2, 0.25) is 0 Å². The van der Waals surface area contributed by atoms with Crippen molar-refractivity contribution in [2.24, 2.45) is 0 Å². The monoisotopic (exact) mass is 448 g/mol. The van der Waals surface area contributed by atoms with Crippen molar-refractivity contribution in [1.29, 1.82) is 0 Å². The highest BCUT2D eigenvalue weighted by Crippen LogP contribution is 2.37. The van der Waals surface area contributed by atoms with E-state index in [9.17, 15) is 0 Å². The van der Waals surface area contributed by atoms with Crippen LogP contribution in [0.4, 0.5) is 5.69 Å². The first-order valence-corrected chi connectivity index (χ1v) is 12.0. The van der Waals surface area contributed by atoms with E-state index in [0.29, 0.717) is 13.3 Å². The minimum Gasteiger partial charge on any atom is -0.497 e. The summed E-state index contributed by atoms with van der Waals surface area (Å²) in [4.78, 5) is 7.54. The number of benzene rings is 3. The number of hydrogen-bond acceptors (Lipinski definition) is 5. The van der Waals surface area contributed by atoms with Gasteiger partial charge < -0.3 is 14.4 Å². The predicted molar refractivity (Wildman–Crippen MR) is 133 cm³/mol. The summed E-state index contributed by atoms with van der Waals surface area (Å²) in [6.45, 7) is 9.67. The summed E-state index contributed by atoms with van der Waals surface area (Å²) >= 11 is 1.87. The van der Waals surface area contributed by atoms with Crippen molar-refractivity contribution in [3.8, 4) is 5.75 Å². The molecule has 0 radical (unpaired) electrons. The number of para-hydroxylation sites is 1. The lowest BCUT2D eigenvalue weighted by Gasteiger charge is -2.36. The molecule has 1 saturated heterocycles. The molecular formula is C27H32N2O2S. The molecule has 4 rings (SSSR count). The van der Waals surface area contributed by atoms with Gasteiger partial charge in [0.25, 0.3) is 0 Å². The van der Waals surface area contributed by atoms with E-state index >= 15 is 0 Å². The minimum atomic E-state index is 0.625. The third-order valence-corrected chi connectivity index (χ3v) is 7.07. The van der Waals surface area contributed by atoms with E-state index in [2.05, 4.69) is 78.2 Å². The van der Waals surface area contributed by atoms with Crippen LogP contribution in [-0.4, -0.2) is 44.9 Å². The molecule has 3 aromatic carbocycles. The molecule has 0 saturated carbocycles. The number of methoxy groups -OCH3 is 1. The number of piperazine rings is 1. The number of nitrogens with zero attached hydrogens (tertiary/aromatic N) is 2. The van der Waals surface area contributed by atoms with E-state index in [1.807, 2.05) is 23.9 Å². The SMILES string of the molecule is COc1ccc(COCN2CCN(c3ccccc3Sc3ccc(C)cc3C)CC2)cc1. The van der Waals surface area contributed by atoms with Gasteiger partial charge in [0.15, 0.2) is 0 Å². The van der Waals surface area contributed by atoms with Gasteiger partial charge in [-0.15, -0.1) is 0 Å². The van der Waals surface area contributed by atoms with Crippen LogP contribution in [-0.2, 0) is 11.3 Å². The van der Waals surface area contributed by atoms with Crippen LogP contribution in [0.2, 0.25) is 0 Å². The van der Waals surface area contributed by atoms with Crippen LogP contribution in [0.1, 0.15) is 16.7 Å². The van der Waals surface area contributed by atoms with Crippen LogP contribution in [0.25, 0.3) is 0 Å². The Labute approximate surface area is 196 Å². The molecule has 1 aliphatic rings. The second-order valence-corrected chi connectivity index (χ2v) is 9.35. The van der Waals surface area contributed by atoms with Gasteiger partial charge in [-0.2, -0.15) is 0 Å². The Morgan fingerprint density at radius 2 is 1.59 bits per heavy atom. The van der Waals surface area contributed by atoms with Gasteiger partial charge in [-0.25, -0.2) is 0 Å². The third-order valence-electron chi connectivity index (χ3n) is 5.83. The van der Waals surface area contributed by atoms with Crippen LogP contribution >= 0.6 is 11.8 Å². The first kappa shape index (κ1) is 22.7. The highest BCUT2D eigenvalue weighted by Gasteiger charge is 2.19. The molecule has 1 fully saturated rings. The molecule has 0 atom stereocenters. The number of anilines is 1. The van der Waals surface area contributed by atoms with Crippen molar-refractivity contribution >= 4 is 17.4 Å². The highest BCUT2D eigenvalue weighted by molar-refractivity contribution is 7.99. The molecule has 4 nitrogen and oxygen atoms in total. The van der Waals surface area contributed by atoms with Gasteiger partial charge >= 0.3 is 0 Å². The van der Waals surface area contributed by atoms with Crippen molar-refractivity contribution in [2.75, 3.05) is 44.9 Å². The zero-order valence-electron chi connectivity index (χ0n) is 19.2. The summed E-state index contributed by atoms with van der Waals surface area (Å²) in [6.07, 6.45) is 0. The molecule has 0 aromatic heterocycles. The topological polar surface area (TPSA) is 24.9 Å². The lowest BCUT2D eigenvalue weighted by molar-refractivity contribution is 0.0161. The van der Waals surface area contributed by atoms with E-state index in [1.165, 1.54) is 32.2 Å². The summed E-state index contributed by atoms with van der Waals surface area (Å²) in [5.74, 6) is 0.876. The Kier molecular flexibility index (Phi) is 7.74. The van der Waals surface area contributed by atoms with Gasteiger partial charge in [-0.1, -0.05) is 53.7 Å². The zero-order valence-corrected chi connectivity index (χ0v) is 20.0. The average molecular weight is 449 g/mol. The fourth-order valence-corrected chi connectivity index (χ4v) is 5.01. The minimum absolute atomic E-state index is 0.625. The molecule has 3 aromatic rings. The molecule has 0 unspecified atom stereocenters. The molecule has 32 heavy (non-hydrogen) atoms. The molecule has 0 aliphatic carbocycles. The molecule has 1 heterocycles. The van der Waals surface area contributed by atoms with Crippen molar-refractivity contribution in [3.63, 3.8) is 0 Å². The van der Waals surface area contributed by atoms with Crippen LogP contribution in [0.15, 0.2) is 76.5 Å². The molecule has 0 bridgehead atoms. The van der Waals surface area contributed by atoms with E-state index in [1.54, 1.807) is 7.11 Å². The predicted octanol–water partition coefficient (Wildman–Crippen LogP) is 5.76. The Morgan fingerprint density at radius 3 is 2.31 bits per heavy atom. The fourth-order valence-electron chi connectivity index (χ4n) is 3.97. The molecule has 0 spiro atoms. The quantitative estimate of drug-likeness (QED) is 0.436. The van der Waals surface area contributed by atoms with Crippen LogP contribution in [0.5, 0.6) is 5.75 Å². The third kappa shape index (κ3) is 5.85. The Morgan fingerprint density at radius 1 is 0.844 bits per heavy atom. The first-order chi connectivity index (χ1) is 15.6. The average Bonchev–Trinajstić information content (AvgIpc) is 2.82. The van der Waals surface area contributed by atoms with Gasteiger partial charge in [0, 0.05) is 36.0 Å². The van der Waals surface area contributed by atoms with Crippen LogP contribution < -0.4 is 9.64 Å². The van der Waals surface area contributed by atoms with E-state index in [4.69, 9.17) is 9.47 Å². The number of rotatable bonds is 8. The van der Waals surface area contributed by atoms with Crippen molar-refractivity contribution < 1.29 is 9.47 Å². The molecule has 168 valence electrons. The summed E-state index contributed by atoms with van der Waals surface area (Å²) in [6, 6.07) is 23.5. The number of aryl methyl sites for hydroxylation is 2. The lowest BCUT2D eigenvalue weighted by Crippen LogP contribution is -2.47. The Balaban J connectivity index is 1.30. The maximum atomic E-state index is 5.96. The first-order valence-electron chi connectivity index (χ1n) is 11.1. The second kappa shape index (κ2) is 10.9. The largest absolute Gasteiger partial charge is 0.497 e. The van der Waals surface area contributed by atoms with Crippen molar-refractivity contribution in [1.82, 2.24) is 4.90 Å². The maximum absolute atomic E-state index is 5.96. The van der Waals surface area contributed by atoms with Gasteiger partial charge in [0.1, 0.15) is 5.75 Å². The molecule has 0 amide bonds. The second-order valence-electron chi connectivity index (χ2n) is 8.27. The van der Waals surface area contributed by atoms with Crippen LogP contribution in [0, 0.1) is 13.8 Å². The fraction of sp³-hybridized carbons (Fsp3) is 0.333. The van der Waals surface area contributed by atoms with E-state index in [-0.39, 0.29) is 0 Å². The summed E-state index contributed by atoms with van der Waals surface area (Å²) < 4.78 is 11.2. The smallest absolute Gasteiger partial charge is 0.118 e. The van der Waals surface area contributed by atoms with Gasteiger partial charge in [-0.3, -0.25) is 4.90 Å². The lowest BCUT2D eigenvalue weighted by atomic mass is 10.2. The Bertz CT molecular complexity index is 1010. The Hall–Kier alpha value is -2.47. The molecule has 5 heteroatoms. The van der Waals surface area contributed by atoms with E-state index < -0.39 is 0 Å². The normalized spacial score (nSPS) is 14.5. The van der Waals surface area contributed by atoms with Gasteiger partial charge in [-0.05, 0) is 55.3 Å². The van der Waals surface area contributed by atoms with Crippen molar-refractivity contribution in [2.45, 2.75) is 30.2 Å². The highest BCUT2D eigenvalue weighted by atomic mass is 32.2. The molecule has 0 N–H and O–H groups in total. The van der Waals surface area contributed by atoms with Gasteiger partial charge in [0.05, 0.1) is 26.1 Å². The summed E-state index contributed by atoms with van der Waals surface area (Å²) in [5, 5.41) is 0. The maximum Gasteiger partial charge on any atom is 0.118 e. The number of hydrogen-bond donors (Lipinski definition) is 0. The molecule has 1 aliphatic heterocycles. The summed E-state index contributed by atoms with van der Waals surface area (Å²) in [5.41, 5.74) is 5.15. The number of ether oxygens (including phenoxy) is 2. The standard InChI is InChI=1S/C27H32N2O2S/c1-21-8-13-26(22(2)18-21)32-27-7-5-4-6-25(27)29-16-14-28(15-17-29)20-31-19-23-9-11-24(30-3)12-10-23/h4-13,18H,14-17,19-20H2,1-3H3.